The molecule has 4 heteroatoms. The number of benzene rings is 2. The molecule has 1 unspecified atom stereocenters. The van der Waals surface area contributed by atoms with Crippen LogP contribution in [0.1, 0.15) is 18.1 Å². The minimum Gasteiger partial charge on any atom is -0.384 e. The molecule has 0 fully saturated rings. The lowest BCUT2D eigenvalue weighted by Gasteiger charge is -2.24. The van der Waals surface area contributed by atoms with E-state index in [-0.39, 0.29) is 12.6 Å². The maximum Gasteiger partial charge on any atom is 0.319 e. The van der Waals surface area contributed by atoms with Crippen molar-refractivity contribution in [3.05, 3.63) is 65.7 Å². The highest BCUT2D eigenvalue weighted by Crippen LogP contribution is 2.19. The molecule has 2 aromatic rings. The molecule has 0 aliphatic carbocycles. The number of hydrogen-bond donors (Lipinski definition) is 3. The summed E-state index contributed by atoms with van der Waals surface area (Å²) in [5, 5.41) is 15.8. The topological polar surface area (TPSA) is 61.4 Å². The van der Waals surface area contributed by atoms with E-state index in [4.69, 9.17) is 0 Å². The maximum atomic E-state index is 11.8. The fourth-order valence-corrected chi connectivity index (χ4v) is 1.96. The average Bonchev–Trinajstić information content (AvgIpc) is 2.49. The highest BCUT2D eigenvalue weighted by molar-refractivity contribution is 5.89. The van der Waals surface area contributed by atoms with Gasteiger partial charge in [-0.25, -0.2) is 4.79 Å². The summed E-state index contributed by atoms with van der Waals surface area (Å²) in [6, 6.07) is 16.5. The first kappa shape index (κ1) is 15.1. The van der Waals surface area contributed by atoms with Crippen molar-refractivity contribution < 1.29 is 9.90 Å². The van der Waals surface area contributed by atoms with Gasteiger partial charge in [0.2, 0.25) is 0 Å². The number of aryl methyl sites for hydroxylation is 1. The Morgan fingerprint density at radius 3 is 2.33 bits per heavy atom. The molecule has 0 radical (unpaired) electrons. The first-order valence-electron chi connectivity index (χ1n) is 6.87. The van der Waals surface area contributed by atoms with Crippen LogP contribution in [-0.2, 0) is 5.60 Å². The Bertz CT molecular complexity index is 592. The van der Waals surface area contributed by atoms with Gasteiger partial charge in [-0.05, 0) is 31.5 Å². The molecule has 0 spiro atoms. The zero-order valence-corrected chi connectivity index (χ0v) is 12.3. The first-order valence-corrected chi connectivity index (χ1v) is 6.87. The summed E-state index contributed by atoms with van der Waals surface area (Å²) in [5.74, 6) is 0. The Morgan fingerprint density at radius 2 is 1.71 bits per heavy atom. The third-order valence-electron chi connectivity index (χ3n) is 3.30. The zero-order valence-electron chi connectivity index (χ0n) is 12.3. The summed E-state index contributed by atoms with van der Waals surface area (Å²) in [4.78, 5) is 11.8. The van der Waals surface area contributed by atoms with Crippen LogP contribution in [0.3, 0.4) is 0 Å². The van der Waals surface area contributed by atoms with Crippen molar-refractivity contribution in [1.29, 1.82) is 0 Å². The fourth-order valence-electron chi connectivity index (χ4n) is 1.96. The smallest absolute Gasteiger partial charge is 0.319 e. The van der Waals surface area contributed by atoms with Gasteiger partial charge < -0.3 is 15.7 Å². The van der Waals surface area contributed by atoms with E-state index in [1.54, 1.807) is 6.92 Å². The van der Waals surface area contributed by atoms with Gasteiger partial charge in [0, 0.05) is 5.69 Å². The molecule has 110 valence electrons. The number of hydrogen-bond acceptors (Lipinski definition) is 2. The minimum absolute atomic E-state index is 0.134. The van der Waals surface area contributed by atoms with E-state index in [1.165, 1.54) is 0 Å². The molecular formula is C17H20N2O2. The van der Waals surface area contributed by atoms with E-state index in [0.29, 0.717) is 0 Å². The quantitative estimate of drug-likeness (QED) is 0.808. The van der Waals surface area contributed by atoms with Crippen molar-refractivity contribution >= 4 is 11.7 Å². The molecule has 2 aromatic carbocycles. The van der Waals surface area contributed by atoms with Crippen LogP contribution in [0.2, 0.25) is 0 Å². The lowest BCUT2D eigenvalue weighted by molar-refractivity contribution is 0.0599. The second-order valence-electron chi connectivity index (χ2n) is 5.31. The van der Waals surface area contributed by atoms with Gasteiger partial charge in [0.15, 0.2) is 0 Å². The Hall–Kier alpha value is -2.33. The highest BCUT2D eigenvalue weighted by Gasteiger charge is 2.23. The molecule has 0 aliphatic rings. The number of carbonyl (C=O) groups excluding carboxylic acids is 1. The van der Waals surface area contributed by atoms with Gasteiger partial charge in [0.1, 0.15) is 5.60 Å². The maximum absolute atomic E-state index is 11.8. The minimum atomic E-state index is -1.11. The standard InChI is InChI=1S/C17H20N2O2/c1-13-8-10-15(11-9-13)19-16(20)18-12-17(2,21)14-6-4-3-5-7-14/h3-11,21H,12H2,1-2H3,(H2,18,19,20). The van der Waals surface area contributed by atoms with Crippen LogP contribution in [0.25, 0.3) is 0 Å². The van der Waals surface area contributed by atoms with Crippen LogP contribution in [-0.4, -0.2) is 17.7 Å². The van der Waals surface area contributed by atoms with Crippen LogP contribution in [0.5, 0.6) is 0 Å². The molecule has 2 amide bonds. The Kier molecular flexibility index (Phi) is 4.60. The van der Waals surface area contributed by atoms with Crippen molar-refractivity contribution in [3.8, 4) is 0 Å². The molecule has 21 heavy (non-hydrogen) atoms. The molecule has 0 saturated heterocycles. The van der Waals surface area contributed by atoms with Crippen molar-refractivity contribution in [2.24, 2.45) is 0 Å². The van der Waals surface area contributed by atoms with Crippen molar-refractivity contribution in [2.75, 3.05) is 11.9 Å². The van der Waals surface area contributed by atoms with E-state index in [2.05, 4.69) is 10.6 Å². The summed E-state index contributed by atoms with van der Waals surface area (Å²) < 4.78 is 0. The van der Waals surface area contributed by atoms with E-state index in [0.717, 1.165) is 16.8 Å². The largest absolute Gasteiger partial charge is 0.384 e. The molecule has 0 saturated carbocycles. The van der Waals surface area contributed by atoms with E-state index >= 15 is 0 Å². The van der Waals surface area contributed by atoms with Gasteiger partial charge in [-0.1, -0.05) is 48.0 Å². The number of amides is 2. The second-order valence-corrected chi connectivity index (χ2v) is 5.31. The molecular weight excluding hydrogens is 264 g/mol. The normalized spacial score (nSPS) is 13.3. The monoisotopic (exact) mass is 284 g/mol. The predicted octanol–water partition coefficient (Wildman–Crippen LogP) is 3.02. The molecule has 0 heterocycles. The van der Waals surface area contributed by atoms with Crippen LogP contribution in [0, 0.1) is 6.92 Å². The number of nitrogens with one attached hydrogen (secondary N) is 2. The summed E-state index contributed by atoms with van der Waals surface area (Å²) in [6.07, 6.45) is 0. The van der Waals surface area contributed by atoms with Gasteiger partial charge in [-0.3, -0.25) is 0 Å². The SMILES string of the molecule is Cc1ccc(NC(=O)NCC(C)(O)c2ccccc2)cc1. The predicted molar refractivity (Wildman–Crippen MR) is 84.2 cm³/mol. The lowest BCUT2D eigenvalue weighted by Crippen LogP contribution is -2.40. The van der Waals surface area contributed by atoms with E-state index in [1.807, 2.05) is 61.5 Å². The molecule has 2 rings (SSSR count). The summed E-state index contributed by atoms with van der Waals surface area (Å²) in [6.45, 7) is 3.80. The second kappa shape index (κ2) is 6.41. The number of carbonyl (C=O) groups is 1. The Morgan fingerprint density at radius 1 is 1.10 bits per heavy atom. The molecule has 0 aliphatic heterocycles. The number of rotatable bonds is 4. The Balaban J connectivity index is 1.90. The average molecular weight is 284 g/mol. The molecule has 0 bridgehead atoms. The fraction of sp³-hybridized carbons (Fsp3) is 0.235. The van der Waals surface area contributed by atoms with Gasteiger partial charge in [0.05, 0.1) is 6.54 Å². The number of anilines is 1. The van der Waals surface area contributed by atoms with E-state index in [9.17, 15) is 9.90 Å². The van der Waals surface area contributed by atoms with Gasteiger partial charge in [-0.2, -0.15) is 0 Å². The highest BCUT2D eigenvalue weighted by atomic mass is 16.3. The number of urea groups is 1. The number of aliphatic hydroxyl groups is 1. The lowest BCUT2D eigenvalue weighted by atomic mass is 9.96. The van der Waals surface area contributed by atoms with Crippen molar-refractivity contribution in [1.82, 2.24) is 5.32 Å². The zero-order chi connectivity index (χ0) is 15.3. The summed E-state index contributed by atoms with van der Waals surface area (Å²) in [7, 11) is 0. The molecule has 3 N–H and O–H groups in total. The third kappa shape index (κ3) is 4.33. The molecule has 0 aromatic heterocycles. The molecule has 1 atom stereocenters. The first-order chi connectivity index (χ1) is 9.97. The van der Waals surface area contributed by atoms with Crippen molar-refractivity contribution in [3.63, 3.8) is 0 Å². The van der Waals surface area contributed by atoms with Gasteiger partial charge in [-0.15, -0.1) is 0 Å². The van der Waals surface area contributed by atoms with E-state index < -0.39 is 5.60 Å². The van der Waals surface area contributed by atoms with Gasteiger partial charge >= 0.3 is 6.03 Å². The summed E-state index contributed by atoms with van der Waals surface area (Å²) >= 11 is 0. The Labute approximate surface area is 124 Å². The van der Waals surface area contributed by atoms with Gasteiger partial charge in [0.25, 0.3) is 0 Å². The van der Waals surface area contributed by atoms with Crippen LogP contribution in [0.4, 0.5) is 10.5 Å². The van der Waals surface area contributed by atoms with Crippen molar-refractivity contribution in [2.45, 2.75) is 19.4 Å². The van der Waals surface area contributed by atoms with Crippen LogP contribution >= 0.6 is 0 Å². The molecule has 4 nitrogen and oxygen atoms in total. The summed E-state index contributed by atoms with van der Waals surface area (Å²) in [5.41, 5.74) is 1.51. The van der Waals surface area contributed by atoms with Crippen LogP contribution < -0.4 is 10.6 Å². The third-order valence-corrected chi connectivity index (χ3v) is 3.30. The van der Waals surface area contributed by atoms with Crippen LogP contribution in [0.15, 0.2) is 54.6 Å².